The fourth-order valence-corrected chi connectivity index (χ4v) is 2.63. The molecule has 0 saturated carbocycles. The van der Waals surface area contributed by atoms with Crippen molar-refractivity contribution in [1.29, 1.82) is 5.26 Å². The zero-order valence-electron chi connectivity index (χ0n) is 22.9. The minimum atomic E-state index is 0. The first-order valence-electron chi connectivity index (χ1n) is 12.6. The van der Waals surface area contributed by atoms with Gasteiger partial charge in [-0.2, -0.15) is 5.26 Å². The number of rotatable bonds is 5. The number of nitrogens with zero attached hydrogens (tertiary/aromatic N) is 2. The fraction of sp³-hybridized carbons (Fsp3) is 0.419. The maximum absolute atomic E-state index is 8.61. The number of hydrogen-bond donors (Lipinski definition) is 3. The first-order chi connectivity index (χ1) is 17.1. The number of nitriles is 1. The third-order valence-electron chi connectivity index (χ3n) is 4.21. The molecule has 200 valence electrons. The SMILES string of the molecule is C.C=C/C=C\C=C/C.CC.CCC.CNCC(C)c1ccc(C#N)cc1.c1cnc2c(c1)NCCN2. The van der Waals surface area contributed by atoms with Crippen LogP contribution in [0.15, 0.2) is 79.6 Å². The predicted octanol–water partition coefficient (Wildman–Crippen LogP) is 8.18. The number of aromatic nitrogens is 1. The Hall–Kier alpha value is -3.36. The molecule has 2 aromatic rings. The van der Waals surface area contributed by atoms with Gasteiger partial charge in [0.05, 0.1) is 17.3 Å². The second kappa shape index (κ2) is 27.9. The zero-order chi connectivity index (χ0) is 26.7. The largest absolute Gasteiger partial charge is 0.380 e. The van der Waals surface area contributed by atoms with Gasteiger partial charge >= 0.3 is 0 Å². The number of nitrogens with one attached hydrogen (secondary N) is 3. The summed E-state index contributed by atoms with van der Waals surface area (Å²) in [6.45, 7) is 18.8. The van der Waals surface area contributed by atoms with E-state index in [1.807, 2.05) is 88.5 Å². The Kier molecular flexibility index (Phi) is 28.8. The predicted molar refractivity (Wildman–Crippen MR) is 163 cm³/mol. The number of allylic oxidation sites excluding steroid dienone is 5. The van der Waals surface area contributed by atoms with Gasteiger partial charge in [-0.1, -0.05) is 97.6 Å². The van der Waals surface area contributed by atoms with Gasteiger partial charge in [0.15, 0.2) is 0 Å². The third-order valence-corrected chi connectivity index (χ3v) is 4.21. The van der Waals surface area contributed by atoms with Gasteiger partial charge in [0, 0.05) is 25.8 Å². The molecule has 0 saturated heterocycles. The van der Waals surface area contributed by atoms with Gasteiger partial charge in [-0.05, 0) is 49.7 Å². The zero-order valence-corrected chi connectivity index (χ0v) is 22.9. The van der Waals surface area contributed by atoms with Crippen molar-refractivity contribution in [3.05, 3.63) is 90.7 Å². The summed E-state index contributed by atoms with van der Waals surface area (Å²) in [5.41, 5.74) is 3.10. The highest BCUT2D eigenvalue weighted by molar-refractivity contribution is 5.65. The lowest BCUT2D eigenvalue weighted by atomic mass is 10.0. The minimum absolute atomic E-state index is 0. The Morgan fingerprint density at radius 1 is 1.08 bits per heavy atom. The number of fused-ring (bicyclic) bond motifs is 1. The molecular weight excluding hydrogens is 442 g/mol. The maximum atomic E-state index is 8.61. The van der Waals surface area contributed by atoms with Crippen molar-refractivity contribution in [3.63, 3.8) is 0 Å². The van der Waals surface area contributed by atoms with E-state index >= 15 is 0 Å². The average molecular weight is 494 g/mol. The Bertz CT molecular complexity index is 823. The highest BCUT2D eigenvalue weighted by atomic mass is 15.1. The molecule has 3 N–H and O–H groups in total. The molecule has 1 aliphatic heterocycles. The molecule has 1 aliphatic rings. The quantitative estimate of drug-likeness (QED) is 0.366. The van der Waals surface area contributed by atoms with Crippen LogP contribution in [0, 0.1) is 11.3 Å². The van der Waals surface area contributed by atoms with Gasteiger partial charge in [-0.3, -0.25) is 0 Å². The Labute approximate surface area is 222 Å². The summed E-state index contributed by atoms with van der Waals surface area (Å²) < 4.78 is 0. The molecule has 0 amide bonds. The molecule has 1 unspecified atom stereocenters. The van der Waals surface area contributed by atoms with Crippen LogP contribution in [-0.4, -0.2) is 31.7 Å². The molecule has 1 aromatic carbocycles. The first-order valence-corrected chi connectivity index (χ1v) is 12.6. The number of pyridine rings is 1. The van der Waals surface area contributed by atoms with Gasteiger partial charge in [0.25, 0.3) is 0 Å². The van der Waals surface area contributed by atoms with E-state index in [1.165, 1.54) is 12.0 Å². The van der Waals surface area contributed by atoms with E-state index < -0.39 is 0 Å². The molecule has 1 atom stereocenters. The van der Waals surface area contributed by atoms with Crippen LogP contribution in [0.1, 0.15) is 72.4 Å². The molecule has 2 heterocycles. The standard InChI is InChI=1S/C11H14N2.C7H9N3.C7H10.C3H8.C2H6.CH4/c1-9(8-13-2)11-5-3-10(7-12)4-6-11;1-2-6-7(9-3-1)10-5-4-8-6;1-3-5-7-6-4-2;1-3-2;1-2;/h3-6,9,13H,8H2,1-2H3;1-3,8H,4-5H2,(H,9,10);3-7H,1H2,2H3;3H2,1-2H3;1-2H3;1H4/b;;6-4-,7-5-;;;. The molecular formula is C31H51N5. The second-order valence-corrected chi connectivity index (χ2v) is 7.30. The Morgan fingerprint density at radius 2 is 1.69 bits per heavy atom. The van der Waals surface area contributed by atoms with Crippen LogP contribution in [0.4, 0.5) is 11.5 Å². The van der Waals surface area contributed by atoms with Crippen LogP contribution in [0.25, 0.3) is 0 Å². The van der Waals surface area contributed by atoms with Crippen molar-refractivity contribution >= 4 is 11.5 Å². The molecule has 0 radical (unpaired) electrons. The van der Waals surface area contributed by atoms with E-state index in [0.29, 0.717) is 5.92 Å². The number of hydrogen-bond acceptors (Lipinski definition) is 5. The van der Waals surface area contributed by atoms with Crippen LogP contribution in [0.2, 0.25) is 0 Å². The van der Waals surface area contributed by atoms with E-state index in [-0.39, 0.29) is 7.43 Å². The molecule has 5 heteroatoms. The highest BCUT2D eigenvalue weighted by Crippen LogP contribution is 2.19. The summed E-state index contributed by atoms with van der Waals surface area (Å²) in [7, 11) is 1.94. The van der Waals surface area contributed by atoms with Crippen molar-refractivity contribution in [3.8, 4) is 6.07 Å². The topological polar surface area (TPSA) is 72.8 Å². The van der Waals surface area contributed by atoms with Gasteiger partial charge in [0.2, 0.25) is 0 Å². The summed E-state index contributed by atoms with van der Waals surface area (Å²) in [6, 6.07) is 13.8. The molecule has 0 aliphatic carbocycles. The van der Waals surface area contributed by atoms with Crippen molar-refractivity contribution < 1.29 is 0 Å². The molecule has 5 nitrogen and oxygen atoms in total. The molecule has 0 spiro atoms. The van der Waals surface area contributed by atoms with Gasteiger partial charge < -0.3 is 16.0 Å². The summed E-state index contributed by atoms with van der Waals surface area (Å²) in [6.07, 6.45) is 12.5. The minimum Gasteiger partial charge on any atom is -0.380 e. The molecule has 0 fully saturated rings. The van der Waals surface area contributed by atoms with Gasteiger partial charge in [-0.15, -0.1) is 0 Å². The van der Waals surface area contributed by atoms with Crippen molar-refractivity contribution in [1.82, 2.24) is 10.3 Å². The van der Waals surface area contributed by atoms with Crippen molar-refractivity contribution in [2.45, 2.75) is 61.3 Å². The number of likely N-dealkylation sites (N-methyl/N-ethyl adjacent to an activating group) is 1. The average Bonchev–Trinajstić information content (AvgIpc) is 2.92. The number of benzene rings is 1. The van der Waals surface area contributed by atoms with E-state index in [2.05, 4.69) is 54.4 Å². The molecule has 1 aromatic heterocycles. The lowest BCUT2D eigenvalue weighted by molar-refractivity contribution is 0.678. The summed E-state index contributed by atoms with van der Waals surface area (Å²) in [5.74, 6) is 1.46. The fourth-order valence-electron chi connectivity index (χ4n) is 2.63. The number of anilines is 2. The summed E-state index contributed by atoms with van der Waals surface area (Å²) >= 11 is 0. The normalized spacial score (nSPS) is 11.3. The van der Waals surface area contributed by atoms with Crippen LogP contribution in [-0.2, 0) is 0 Å². The van der Waals surface area contributed by atoms with Crippen LogP contribution >= 0.6 is 0 Å². The molecule has 0 bridgehead atoms. The van der Waals surface area contributed by atoms with Gasteiger partial charge in [0.1, 0.15) is 5.82 Å². The maximum Gasteiger partial charge on any atom is 0.149 e. The smallest absolute Gasteiger partial charge is 0.149 e. The van der Waals surface area contributed by atoms with Crippen LogP contribution in [0.5, 0.6) is 0 Å². The third kappa shape index (κ3) is 19.0. The summed E-state index contributed by atoms with van der Waals surface area (Å²) in [5, 5.41) is 18.2. The van der Waals surface area contributed by atoms with E-state index in [0.717, 1.165) is 36.7 Å². The monoisotopic (exact) mass is 493 g/mol. The highest BCUT2D eigenvalue weighted by Gasteiger charge is 2.05. The van der Waals surface area contributed by atoms with Crippen LogP contribution in [0.3, 0.4) is 0 Å². The van der Waals surface area contributed by atoms with E-state index in [4.69, 9.17) is 5.26 Å². The molecule has 3 rings (SSSR count). The van der Waals surface area contributed by atoms with Gasteiger partial charge in [-0.25, -0.2) is 4.98 Å². The lowest BCUT2D eigenvalue weighted by Gasteiger charge is -2.17. The Morgan fingerprint density at radius 3 is 2.19 bits per heavy atom. The van der Waals surface area contributed by atoms with Crippen molar-refractivity contribution in [2.75, 3.05) is 37.3 Å². The summed E-state index contributed by atoms with van der Waals surface area (Å²) in [4.78, 5) is 4.15. The lowest BCUT2D eigenvalue weighted by Crippen LogP contribution is -2.21. The Balaban J connectivity index is -0.000000424. The second-order valence-electron chi connectivity index (χ2n) is 7.30. The van der Waals surface area contributed by atoms with Crippen LogP contribution < -0.4 is 16.0 Å². The van der Waals surface area contributed by atoms with Crippen molar-refractivity contribution in [2.24, 2.45) is 0 Å². The first kappa shape index (κ1) is 37.2. The van der Waals surface area contributed by atoms with E-state index in [1.54, 1.807) is 12.3 Å². The van der Waals surface area contributed by atoms with E-state index in [9.17, 15) is 0 Å². The molecule has 36 heavy (non-hydrogen) atoms.